The standard InChI is InChI=1S/C25H25BrN2O4/c1-31-14-15-32-23-12-11-19(16-22(23)26)25(30)28-21-9-5-8-20(17-21)27-24(29)13-10-18-6-3-2-4-7-18/h2-9,11-12,16-17H,10,13-15H2,1H3,(H,27,29)(H,28,30). The average molecular weight is 497 g/mol. The quantitative estimate of drug-likeness (QED) is 0.373. The van der Waals surface area contributed by atoms with Crippen LogP contribution in [-0.4, -0.2) is 32.1 Å². The van der Waals surface area contributed by atoms with Crippen molar-refractivity contribution >= 4 is 39.1 Å². The van der Waals surface area contributed by atoms with Gasteiger partial charge in [0.05, 0.1) is 11.1 Å². The summed E-state index contributed by atoms with van der Waals surface area (Å²) in [4.78, 5) is 24.9. The summed E-state index contributed by atoms with van der Waals surface area (Å²) in [7, 11) is 1.61. The number of aryl methyl sites for hydroxylation is 1. The van der Waals surface area contributed by atoms with Gasteiger partial charge in [-0.2, -0.15) is 0 Å². The maximum Gasteiger partial charge on any atom is 0.255 e. The molecule has 0 fully saturated rings. The second-order valence-electron chi connectivity index (χ2n) is 7.06. The topological polar surface area (TPSA) is 76.7 Å². The summed E-state index contributed by atoms with van der Waals surface area (Å²) in [5, 5.41) is 5.74. The minimum absolute atomic E-state index is 0.0784. The zero-order chi connectivity index (χ0) is 22.8. The third-order valence-electron chi connectivity index (χ3n) is 4.63. The molecular weight excluding hydrogens is 472 g/mol. The van der Waals surface area contributed by atoms with Gasteiger partial charge in [0, 0.05) is 30.5 Å². The first-order valence-corrected chi connectivity index (χ1v) is 11.0. The molecule has 0 heterocycles. The first-order chi connectivity index (χ1) is 15.5. The second kappa shape index (κ2) is 12.0. The number of hydrogen-bond donors (Lipinski definition) is 2. The van der Waals surface area contributed by atoms with Crippen LogP contribution in [0.2, 0.25) is 0 Å². The van der Waals surface area contributed by atoms with E-state index in [2.05, 4.69) is 26.6 Å². The summed E-state index contributed by atoms with van der Waals surface area (Å²) >= 11 is 3.43. The molecule has 0 spiro atoms. The molecule has 0 saturated carbocycles. The van der Waals surface area contributed by atoms with Crippen molar-refractivity contribution in [3.8, 4) is 5.75 Å². The van der Waals surface area contributed by atoms with Crippen molar-refractivity contribution in [3.05, 3.63) is 88.4 Å². The molecule has 32 heavy (non-hydrogen) atoms. The largest absolute Gasteiger partial charge is 0.490 e. The number of carbonyl (C=O) groups excluding carboxylic acids is 2. The first kappa shape index (κ1) is 23.5. The van der Waals surface area contributed by atoms with E-state index in [1.807, 2.05) is 30.3 Å². The molecule has 0 bridgehead atoms. The Kier molecular flexibility index (Phi) is 8.83. The van der Waals surface area contributed by atoms with Crippen molar-refractivity contribution in [2.24, 2.45) is 0 Å². The Hall–Kier alpha value is -3.16. The second-order valence-corrected chi connectivity index (χ2v) is 7.91. The summed E-state index contributed by atoms with van der Waals surface area (Å²) in [6.45, 7) is 0.901. The molecule has 6 nitrogen and oxygen atoms in total. The number of carbonyl (C=O) groups is 2. The van der Waals surface area contributed by atoms with Crippen LogP contribution in [-0.2, 0) is 16.0 Å². The number of ether oxygens (including phenoxy) is 2. The molecule has 0 radical (unpaired) electrons. The number of methoxy groups -OCH3 is 1. The van der Waals surface area contributed by atoms with Crippen molar-refractivity contribution in [1.29, 1.82) is 0 Å². The SMILES string of the molecule is COCCOc1ccc(C(=O)Nc2cccc(NC(=O)CCc3ccccc3)c2)cc1Br. The molecule has 3 aromatic rings. The highest BCUT2D eigenvalue weighted by atomic mass is 79.9. The molecule has 0 aliphatic rings. The van der Waals surface area contributed by atoms with Crippen molar-refractivity contribution in [2.45, 2.75) is 12.8 Å². The summed E-state index contributed by atoms with van der Waals surface area (Å²) in [5.74, 6) is 0.297. The maximum absolute atomic E-state index is 12.7. The minimum atomic E-state index is -0.262. The Morgan fingerprint density at radius 3 is 2.34 bits per heavy atom. The number of amides is 2. The van der Waals surface area contributed by atoms with Crippen LogP contribution in [0.15, 0.2) is 77.3 Å². The van der Waals surface area contributed by atoms with E-state index in [1.165, 1.54) is 0 Å². The van der Waals surface area contributed by atoms with Crippen molar-refractivity contribution in [3.63, 3.8) is 0 Å². The highest BCUT2D eigenvalue weighted by molar-refractivity contribution is 9.10. The predicted molar refractivity (Wildman–Crippen MR) is 129 cm³/mol. The lowest BCUT2D eigenvalue weighted by Crippen LogP contribution is -2.14. The van der Waals surface area contributed by atoms with Crippen LogP contribution in [0.3, 0.4) is 0 Å². The third kappa shape index (κ3) is 7.21. The van der Waals surface area contributed by atoms with E-state index in [1.54, 1.807) is 49.6 Å². The predicted octanol–water partition coefficient (Wildman–Crippen LogP) is 5.30. The van der Waals surface area contributed by atoms with Crippen molar-refractivity contribution < 1.29 is 19.1 Å². The van der Waals surface area contributed by atoms with E-state index in [0.29, 0.717) is 53.2 Å². The Balaban J connectivity index is 1.56. The van der Waals surface area contributed by atoms with Crippen LogP contribution < -0.4 is 15.4 Å². The molecule has 2 amide bonds. The summed E-state index contributed by atoms with van der Waals surface area (Å²) in [6.07, 6.45) is 1.05. The Bertz CT molecular complexity index is 1060. The normalized spacial score (nSPS) is 10.4. The van der Waals surface area contributed by atoms with Crippen molar-refractivity contribution in [2.75, 3.05) is 31.0 Å². The zero-order valence-corrected chi connectivity index (χ0v) is 19.4. The lowest BCUT2D eigenvalue weighted by Gasteiger charge is -2.11. The average Bonchev–Trinajstić information content (AvgIpc) is 2.80. The van der Waals surface area contributed by atoms with E-state index in [9.17, 15) is 9.59 Å². The molecule has 7 heteroatoms. The number of benzene rings is 3. The van der Waals surface area contributed by atoms with Gasteiger partial charge in [0.2, 0.25) is 5.91 Å². The number of hydrogen-bond acceptors (Lipinski definition) is 4. The molecule has 0 atom stereocenters. The van der Waals surface area contributed by atoms with Gasteiger partial charge in [-0.15, -0.1) is 0 Å². The van der Waals surface area contributed by atoms with Gasteiger partial charge in [-0.25, -0.2) is 0 Å². The monoisotopic (exact) mass is 496 g/mol. The van der Waals surface area contributed by atoms with E-state index >= 15 is 0 Å². The molecule has 3 aromatic carbocycles. The van der Waals surface area contributed by atoms with E-state index in [-0.39, 0.29) is 11.8 Å². The van der Waals surface area contributed by atoms with Gasteiger partial charge < -0.3 is 20.1 Å². The zero-order valence-electron chi connectivity index (χ0n) is 17.8. The summed E-state index contributed by atoms with van der Waals surface area (Å²) < 4.78 is 11.2. The van der Waals surface area contributed by atoms with Crippen LogP contribution >= 0.6 is 15.9 Å². The minimum Gasteiger partial charge on any atom is -0.490 e. The van der Waals surface area contributed by atoms with Crippen LogP contribution in [0.4, 0.5) is 11.4 Å². The molecule has 3 rings (SSSR count). The Morgan fingerprint density at radius 2 is 1.62 bits per heavy atom. The molecule has 0 aliphatic carbocycles. The molecule has 166 valence electrons. The van der Waals surface area contributed by atoms with Crippen LogP contribution in [0.1, 0.15) is 22.3 Å². The molecule has 0 saturated heterocycles. The van der Waals surface area contributed by atoms with E-state index in [0.717, 1.165) is 5.56 Å². The molecule has 0 unspecified atom stereocenters. The van der Waals surface area contributed by atoms with Crippen LogP contribution in [0.25, 0.3) is 0 Å². The van der Waals surface area contributed by atoms with Gasteiger partial charge in [0.15, 0.2) is 0 Å². The van der Waals surface area contributed by atoms with Gasteiger partial charge in [0.1, 0.15) is 12.4 Å². The summed E-state index contributed by atoms with van der Waals surface area (Å²) in [5.41, 5.74) is 2.81. The number of anilines is 2. The van der Waals surface area contributed by atoms with Crippen molar-refractivity contribution in [1.82, 2.24) is 0 Å². The Labute approximate surface area is 196 Å². The fraction of sp³-hybridized carbons (Fsp3) is 0.200. The lowest BCUT2D eigenvalue weighted by molar-refractivity contribution is -0.116. The van der Waals surface area contributed by atoms with Gasteiger partial charge in [-0.05, 0) is 64.3 Å². The molecular formula is C25H25BrN2O4. The van der Waals surface area contributed by atoms with Gasteiger partial charge in [-0.3, -0.25) is 9.59 Å². The smallest absolute Gasteiger partial charge is 0.255 e. The number of nitrogens with one attached hydrogen (secondary N) is 2. The first-order valence-electron chi connectivity index (χ1n) is 10.2. The molecule has 0 aliphatic heterocycles. The number of rotatable bonds is 10. The van der Waals surface area contributed by atoms with E-state index in [4.69, 9.17) is 9.47 Å². The van der Waals surface area contributed by atoms with Gasteiger partial charge >= 0.3 is 0 Å². The Morgan fingerprint density at radius 1 is 0.875 bits per heavy atom. The lowest BCUT2D eigenvalue weighted by atomic mass is 10.1. The van der Waals surface area contributed by atoms with Gasteiger partial charge in [0.25, 0.3) is 5.91 Å². The van der Waals surface area contributed by atoms with Gasteiger partial charge in [-0.1, -0.05) is 36.4 Å². The van der Waals surface area contributed by atoms with Crippen LogP contribution in [0, 0.1) is 0 Å². The fourth-order valence-electron chi connectivity index (χ4n) is 3.00. The maximum atomic E-state index is 12.7. The molecule has 0 aromatic heterocycles. The van der Waals surface area contributed by atoms with E-state index < -0.39 is 0 Å². The highest BCUT2D eigenvalue weighted by Crippen LogP contribution is 2.26. The molecule has 2 N–H and O–H groups in total. The third-order valence-corrected chi connectivity index (χ3v) is 5.25. The fourth-order valence-corrected chi connectivity index (χ4v) is 3.49. The van der Waals surface area contributed by atoms with Crippen LogP contribution in [0.5, 0.6) is 5.75 Å². The highest BCUT2D eigenvalue weighted by Gasteiger charge is 2.11. The number of halogens is 1. The summed E-state index contributed by atoms with van der Waals surface area (Å²) in [6, 6.07) is 22.1.